The predicted molar refractivity (Wildman–Crippen MR) is 74.2 cm³/mol. The Kier molecular flexibility index (Phi) is 8.94. The van der Waals surface area contributed by atoms with Crippen molar-refractivity contribution in [1.82, 2.24) is 0 Å². The highest BCUT2D eigenvalue weighted by Gasteiger charge is 2.22. The number of hydrogen-bond donors (Lipinski definition) is 3. The molecule has 3 N–H and O–H groups in total. The smallest absolute Gasteiger partial charge is 0.357 e. The third-order valence-corrected chi connectivity index (χ3v) is 3.07. The Morgan fingerprint density at radius 2 is 1.56 bits per heavy atom. The van der Waals surface area contributed by atoms with Crippen LogP contribution < -0.4 is 0 Å². The summed E-state index contributed by atoms with van der Waals surface area (Å²) in [4.78, 5) is 17.2. The quantitative estimate of drug-likeness (QED) is 0.361. The van der Waals surface area contributed by atoms with E-state index in [2.05, 4.69) is 26.0 Å². The topological polar surface area (TPSA) is 77.8 Å². The van der Waals surface area contributed by atoms with Gasteiger partial charge in [-0.1, -0.05) is 29.9 Å². The van der Waals surface area contributed by atoms with Crippen LogP contribution in [0.5, 0.6) is 0 Å². The van der Waals surface area contributed by atoms with Gasteiger partial charge in [-0.25, -0.2) is 0 Å². The van der Waals surface area contributed by atoms with E-state index in [9.17, 15) is 4.57 Å². The van der Waals surface area contributed by atoms with Gasteiger partial charge in [0.2, 0.25) is 0 Å². The largest absolute Gasteiger partial charge is 0.377 e. The average Bonchev–Trinajstić information content (AvgIpc) is 2.24. The van der Waals surface area contributed by atoms with Crippen LogP contribution in [-0.4, -0.2) is 20.7 Å². The van der Waals surface area contributed by atoms with Crippen molar-refractivity contribution in [3.63, 3.8) is 0 Å². The lowest BCUT2D eigenvalue weighted by Gasteiger charge is -2.06. The van der Waals surface area contributed by atoms with Gasteiger partial charge in [-0.05, 0) is 45.6 Å². The lowest BCUT2D eigenvalue weighted by Crippen LogP contribution is -2.01. The third-order valence-electron chi connectivity index (χ3n) is 2.21. The molecule has 0 aliphatic carbocycles. The molecule has 5 heteroatoms. The summed E-state index contributed by atoms with van der Waals surface area (Å²) >= 11 is 0. The maximum Gasteiger partial charge on any atom is 0.357 e. The molecular weight excluding hydrogens is 251 g/mol. The van der Waals surface area contributed by atoms with Crippen molar-refractivity contribution in [1.29, 1.82) is 0 Å². The highest BCUT2D eigenvalue weighted by molar-refractivity contribution is 7.52. The van der Waals surface area contributed by atoms with E-state index in [0.29, 0.717) is 6.42 Å². The van der Waals surface area contributed by atoms with Crippen molar-refractivity contribution in [2.75, 3.05) is 0 Å². The first kappa shape index (κ1) is 17.3. The Hall–Kier alpha value is -0.670. The van der Waals surface area contributed by atoms with Crippen LogP contribution in [-0.2, 0) is 4.57 Å². The maximum atomic E-state index is 10.6. The molecule has 0 aromatic carbocycles. The Bertz CT molecular complexity index is 348. The summed E-state index contributed by atoms with van der Waals surface area (Å²) in [5.74, 6) is -1.68. The minimum atomic E-state index is -4.39. The van der Waals surface area contributed by atoms with Crippen LogP contribution in [0.3, 0.4) is 0 Å². The fourth-order valence-corrected chi connectivity index (χ4v) is 1.57. The van der Waals surface area contributed by atoms with Crippen molar-refractivity contribution >= 4 is 7.60 Å². The molecular formula is C13H23O4P. The summed E-state index contributed by atoms with van der Waals surface area (Å²) in [5, 5.41) is 9.04. The van der Waals surface area contributed by atoms with E-state index in [0.717, 1.165) is 25.3 Å². The van der Waals surface area contributed by atoms with Gasteiger partial charge in [-0.2, -0.15) is 0 Å². The van der Waals surface area contributed by atoms with Crippen LogP contribution in [0.2, 0.25) is 0 Å². The number of unbranched alkanes of at least 4 members (excludes halogenated alkanes) is 2. The lowest BCUT2D eigenvalue weighted by atomic mass is 10.2. The molecule has 4 nitrogen and oxygen atoms in total. The molecule has 0 aromatic rings. The average molecular weight is 274 g/mol. The van der Waals surface area contributed by atoms with Gasteiger partial charge in [0, 0.05) is 0 Å². The highest BCUT2D eigenvalue weighted by atomic mass is 31.2. The summed E-state index contributed by atoms with van der Waals surface area (Å²) in [7, 11) is -4.39. The zero-order valence-corrected chi connectivity index (χ0v) is 11.9. The molecule has 0 heterocycles. The second-order valence-electron chi connectivity index (χ2n) is 4.34. The molecule has 0 aliphatic rings. The Balaban J connectivity index is 3.68. The molecule has 0 saturated heterocycles. The van der Waals surface area contributed by atoms with Gasteiger partial charge in [0.25, 0.3) is 0 Å². The van der Waals surface area contributed by atoms with E-state index in [4.69, 9.17) is 14.9 Å². The van der Waals surface area contributed by atoms with E-state index >= 15 is 0 Å². The highest BCUT2D eigenvalue weighted by Crippen LogP contribution is 2.40. The van der Waals surface area contributed by atoms with E-state index < -0.39 is 13.4 Å². The number of rotatable bonds is 8. The molecule has 0 radical (unpaired) electrons. The van der Waals surface area contributed by atoms with Crippen molar-refractivity contribution in [2.45, 2.75) is 45.4 Å². The third kappa shape index (κ3) is 10.5. The first-order valence-corrected chi connectivity index (χ1v) is 7.70. The van der Waals surface area contributed by atoms with Crippen LogP contribution in [0, 0.1) is 0 Å². The van der Waals surface area contributed by atoms with E-state index in [-0.39, 0.29) is 0 Å². The van der Waals surface area contributed by atoms with Gasteiger partial charge in [0.05, 0.1) is 0 Å². The summed E-state index contributed by atoms with van der Waals surface area (Å²) in [6.45, 7) is 4.14. The fraction of sp³-hybridized carbons (Fsp3) is 0.538. The van der Waals surface area contributed by atoms with Crippen LogP contribution in [0.1, 0.15) is 39.5 Å². The molecule has 0 aliphatic heterocycles. The Morgan fingerprint density at radius 1 is 1.06 bits per heavy atom. The lowest BCUT2D eigenvalue weighted by molar-refractivity contribution is 0.238. The SMILES string of the molecule is CC(C)=CCC/C=C/CC/C=C/C(O)P(=O)(O)O. The van der Waals surface area contributed by atoms with Crippen LogP contribution in [0.15, 0.2) is 36.0 Å². The second kappa shape index (κ2) is 9.29. The van der Waals surface area contributed by atoms with Crippen molar-refractivity contribution < 1.29 is 19.5 Å². The predicted octanol–water partition coefficient (Wildman–Crippen LogP) is 3.12. The van der Waals surface area contributed by atoms with Gasteiger partial charge in [0.1, 0.15) is 0 Å². The Labute approximate surface area is 109 Å². The van der Waals surface area contributed by atoms with Gasteiger partial charge < -0.3 is 14.9 Å². The van der Waals surface area contributed by atoms with Crippen LogP contribution in [0.25, 0.3) is 0 Å². The van der Waals surface area contributed by atoms with Gasteiger partial charge in [0.15, 0.2) is 5.85 Å². The molecule has 0 fully saturated rings. The standard InChI is InChI=1S/C13H23O4P/c1-12(2)10-8-6-4-3-5-7-9-11-13(14)18(15,16)17/h3-4,9-11,13-14H,5-8H2,1-2H3,(H2,15,16,17)/b4-3+,11-9+. The van der Waals surface area contributed by atoms with Crippen LogP contribution in [0.4, 0.5) is 0 Å². The fourth-order valence-electron chi connectivity index (χ4n) is 1.23. The van der Waals surface area contributed by atoms with Crippen LogP contribution >= 0.6 is 7.60 Å². The zero-order chi connectivity index (χ0) is 14.0. The molecule has 1 unspecified atom stereocenters. The van der Waals surface area contributed by atoms with E-state index in [1.54, 1.807) is 6.08 Å². The zero-order valence-electron chi connectivity index (χ0n) is 11.0. The van der Waals surface area contributed by atoms with Gasteiger partial charge in [-0.15, -0.1) is 0 Å². The molecule has 0 bridgehead atoms. The van der Waals surface area contributed by atoms with Crippen molar-refractivity contribution in [3.8, 4) is 0 Å². The summed E-state index contributed by atoms with van der Waals surface area (Å²) in [6, 6.07) is 0. The molecule has 0 spiro atoms. The van der Waals surface area contributed by atoms with Crippen molar-refractivity contribution in [3.05, 3.63) is 36.0 Å². The normalized spacial score (nSPS) is 14.3. The summed E-state index contributed by atoms with van der Waals surface area (Å²) in [5.41, 5.74) is 1.32. The second-order valence-corrected chi connectivity index (χ2v) is 6.05. The monoisotopic (exact) mass is 274 g/mol. The molecule has 0 amide bonds. The first-order valence-electron chi connectivity index (χ1n) is 6.02. The number of hydrogen-bond acceptors (Lipinski definition) is 2. The summed E-state index contributed by atoms with van der Waals surface area (Å²) in [6.07, 6.45) is 12.5. The molecule has 104 valence electrons. The van der Waals surface area contributed by atoms with Gasteiger partial charge >= 0.3 is 7.60 Å². The first-order chi connectivity index (χ1) is 8.34. The minimum absolute atomic E-state index is 0.663. The Morgan fingerprint density at radius 3 is 2.06 bits per heavy atom. The molecule has 0 saturated carbocycles. The van der Waals surface area contributed by atoms with E-state index in [1.165, 1.54) is 5.57 Å². The molecule has 0 aromatic heterocycles. The minimum Gasteiger partial charge on any atom is -0.377 e. The van der Waals surface area contributed by atoms with E-state index in [1.807, 2.05) is 6.08 Å². The van der Waals surface area contributed by atoms with Gasteiger partial charge in [-0.3, -0.25) is 4.57 Å². The number of aliphatic hydroxyl groups is 1. The maximum absolute atomic E-state index is 10.6. The summed E-state index contributed by atoms with van der Waals surface area (Å²) < 4.78 is 10.6. The molecule has 0 rings (SSSR count). The molecule has 18 heavy (non-hydrogen) atoms. The van der Waals surface area contributed by atoms with Crippen molar-refractivity contribution in [2.24, 2.45) is 0 Å². The number of aliphatic hydroxyl groups excluding tert-OH is 1. The number of allylic oxidation sites excluding steroid dienone is 5. The molecule has 1 atom stereocenters.